The molecule has 1 aromatic heterocycles. The summed E-state index contributed by atoms with van der Waals surface area (Å²) in [4.78, 5) is 33.1. The molecule has 5 atom stereocenters. The number of carbonyl (C=O) groups is 2. The number of aromatic nitrogens is 2. The highest BCUT2D eigenvalue weighted by atomic mass is 16.6. The van der Waals surface area contributed by atoms with Gasteiger partial charge in [0.25, 0.3) is 0 Å². The third kappa shape index (κ3) is 7.78. The van der Waals surface area contributed by atoms with Gasteiger partial charge in [0.2, 0.25) is 23.6 Å². The third-order valence-corrected chi connectivity index (χ3v) is 7.86. The van der Waals surface area contributed by atoms with E-state index in [1.807, 2.05) is 91.0 Å². The summed E-state index contributed by atoms with van der Waals surface area (Å²) in [5.41, 5.74) is 9.82. The smallest absolute Gasteiger partial charge is 0.235 e. The Labute approximate surface area is 278 Å². The van der Waals surface area contributed by atoms with E-state index in [-0.39, 0.29) is 30.8 Å². The first-order chi connectivity index (χ1) is 23.3. The summed E-state index contributed by atoms with van der Waals surface area (Å²) < 4.78 is 27.9. The fourth-order valence-electron chi connectivity index (χ4n) is 5.75. The summed E-state index contributed by atoms with van der Waals surface area (Å²) >= 11 is 0. The van der Waals surface area contributed by atoms with E-state index in [1.165, 1.54) is 13.8 Å². The maximum Gasteiger partial charge on any atom is 0.235 e. The molecule has 1 unspecified atom stereocenters. The number of rotatable bonds is 12. The fourth-order valence-corrected chi connectivity index (χ4v) is 5.75. The normalized spacial score (nSPS) is 23.1. The Morgan fingerprint density at radius 2 is 1.42 bits per heavy atom. The van der Waals surface area contributed by atoms with Gasteiger partial charge in [0.1, 0.15) is 29.8 Å². The standard InChI is InChI=1S/C35H39N7O6/c1-23(43)38-34-39-32-31(35(36,41-34)40-24(2)44)37-22-42(32)33-30(47-20-27-16-10-5-11-17-27)29(46-19-26-14-8-4-9-15-26)28(48-33)21-45-18-25-12-6-3-7-13-25/h3-17,22,28-30,33H,18-21,36H2,1-2H3,(H,40,44)(H2,38,39,41,43)/t28-,29-,30+,33-,35?/m1/s1. The minimum Gasteiger partial charge on any atom is -0.374 e. The molecule has 2 amide bonds. The number of hydrogen-bond acceptors (Lipinski definition) is 10. The lowest BCUT2D eigenvalue weighted by Gasteiger charge is -2.32. The van der Waals surface area contributed by atoms with Crippen molar-refractivity contribution in [3.8, 4) is 0 Å². The van der Waals surface area contributed by atoms with Crippen molar-refractivity contribution in [2.75, 3.05) is 11.9 Å². The zero-order valence-electron chi connectivity index (χ0n) is 26.7. The zero-order chi connectivity index (χ0) is 33.5. The predicted octanol–water partition coefficient (Wildman–Crippen LogP) is 3.29. The molecule has 4 aromatic rings. The Hall–Kier alpha value is -4.92. The summed E-state index contributed by atoms with van der Waals surface area (Å²) in [6.07, 6.45) is -1.03. The Kier molecular flexibility index (Phi) is 10.2. The van der Waals surface area contributed by atoms with Gasteiger partial charge in [-0.15, -0.1) is 0 Å². The molecule has 0 saturated carbocycles. The van der Waals surface area contributed by atoms with Crippen molar-refractivity contribution >= 4 is 23.6 Å². The molecule has 13 nitrogen and oxygen atoms in total. The van der Waals surface area contributed by atoms with E-state index in [0.717, 1.165) is 16.7 Å². The number of aliphatic imine (C=N–C) groups is 1. The third-order valence-electron chi connectivity index (χ3n) is 7.86. The van der Waals surface area contributed by atoms with E-state index < -0.39 is 36.2 Å². The molecule has 3 aromatic carbocycles. The van der Waals surface area contributed by atoms with Crippen molar-refractivity contribution in [1.82, 2.24) is 20.2 Å². The van der Waals surface area contributed by atoms with Crippen LogP contribution in [-0.2, 0) is 54.1 Å². The maximum absolute atomic E-state index is 12.2. The highest BCUT2D eigenvalue weighted by molar-refractivity contribution is 6.04. The zero-order valence-corrected chi connectivity index (χ0v) is 26.7. The molecule has 0 bridgehead atoms. The van der Waals surface area contributed by atoms with Crippen LogP contribution >= 0.6 is 0 Å². The molecule has 0 aliphatic carbocycles. The monoisotopic (exact) mass is 653 g/mol. The molecule has 2 aliphatic heterocycles. The first kappa shape index (κ1) is 33.0. The Morgan fingerprint density at radius 3 is 1.98 bits per heavy atom. The number of amides is 2. The first-order valence-electron chi connectivity index (χ1n) is 15.7. The first-order valence-corrected chi connectivity index (χ1v) is 15.7. The fraction of sp³-hybridized carbons (Fsp3) is 0.314. The van der Waals surface area contributed by atoms with Gasteiger partial charge in [0.05, 0.1) is 32.8 Å². The van der Waals surface area contributed by atoms with E-state index in [2.05, 4.69) is 25.9 Å². The number of ether oxygens (including phenoxy) is 4. The van der Waals surface area contributed by atoms with Crippen molar-refractivity contribution in [3.63, 3.8) is 0 Å². The molecular weight excluding hydrogens is 614 g/mol. The number of nitrogens with two attached hydrogens (primary N) is 1. The lowest BCUT2D eigenvalue weighted by atomic mass is 10.1. The highest BCUT2D eigenvalue weighted by Gasteiger charge is 2.50. The predicted molar refractivity (Wildman–Crippen MR) is 177 cm³/mol. The number of nitrogens with zero attached hydrogens (tertiary/aromatic N) is 3. The van der Waals surface area contributed by atoms with Crippen molar-refractivity contribution in [1.29, 1.82) is 0 Å². The lowest BCUT2D eigenvalue weighted by Crippen LogP contribution is -2.56. The van der Waals surface area contributed by atoms with Crippen molar-refractivity contribution in [2.24, 2.45) is 10.7 Å². The maximum atomic E-state index is 12.2. The Balaban J connectivity index is 1.35. The SMILES string of the molecule is CC(=O)NC1=NC(N)(NC(C)=O)c2ncn([C@@H]3O[C@H](COCc4ccccc4)[C@@H](OCc4ccccc4)[C@@H]3OCc3ccccc3)c2N1. The van der Waals surface area contributed by atoms with Crippen LogP contribution in [0.5, 0.6) is 0 Å². The molecule has 250 valence electrons. The molecule has 0 spiro atoms. The molecule has 13 heteroatoms. The van der Waals surface area contributed by atoms with Crippen LogP contribution in [0.3, 0.4) is 0 Å². The summed E-state index contributed by atoms with van der Waals surface area (Å²) in [6.45, 7) is 3.86. The second kappa shape index (κ2) is 14.9. The molecule has 1 saturated heterocycles. The minimum atomic E-state index is -1.77. The van der Waals surface area contributed by atoms with Crippen molar-refractivity contribution < 1.29 is 28.5 Å². The van der Waals surface area contributed by atoms with E-state index in [0.29, 0.717) is 19.0 Å². The molecule has 0 radical (unpaired) electrons. The number of anilines is 1. The average Bonchev–Trinajstić information content (AvgIpc) is 3.65. The number of hydrogen-bond donors (Lipinski definition) is 4. The number of benzene rings is 3. The minimum absolute atomic E-state index is 0.0346. The van der Waals surface area contributed by atoms with Gasteiger partial charge in [0, 0.05) is 13.8 Å². The van der Waals surface area contributed by atoms with Crippen LogP contribution in [-0.4, -0.2) is 52.2 Å². The quantitative estimate of drug-likeness (QED) is 0.168. The van der Waals surface area contributed by atoms with Crippen molar-refractivity contribution in [3.05, 3.63) is 120 Å². The summed E-state index contributed by atoms with van der Waals surface area (Å²) in [5.74, 6) is -2.19. The van der Waals surface area contributed by atoms with E-state index >= 15 is 0 Å². The van der Waals surface area contributed by atoms with Gasteiger partial charge >= 0.3 is 0 Å². The number of guanidine groups is 1. The van der Waals surface area contributed by atoms with Crippen LogP contribution in [0.4, 0.5) is 5.82 Å². The van der Waals surface area contributed by atoms with Gasteiger partial charge in [-0.2, -0.15) is 0 Å². The Morgan fingerprint density at radius 1 is 0.854 bits per heavy atom. The molecule has 3 heterocycles. The molecule has 5 N–H and O–H groups in total. The topological polar surface area (TPSA) is 163 Å². The van der Waals surface area contributed by atoms with Crippen LogP contribution in [0.2, 0.25) is 0 Å². The second-order valence-electron chi connectivity index (χ2n) is 11.7. The van der Waals surface area contributed by atoms with E-state index in [9.17, 15) is 9.59 Å². The van der Waals surface area contributed by atoms with Crippen LogP contribution in [0, 0.1) is 0 Å². The molecule has 6 rings (SSSR count). The Bertz CT molecular complexity index is 1720. The molecule has 1 fully saturated rings. The number of fused-ring (bicyclic) bond motifs is 1. The molecule has 48 heavy (non-hydrogen) atoms. The van der Waals surface area contributed by atoms with Crippen LogP contribution in [0.25, 0.3) is 0 Å². The molecular formula is C35H39N7O6. The van der Waals surface area contributed by atoms with Gasteiger partial charge in [0.15, 0.2) is 6.23 Å². The van der Waals surface area contributed by atoms with Crippen LogP contribution in [0.1, 0.15) is 42.5 Å². The summed E-state index contributed by atoms with van der Waals surface area (Å²) in [5, 5.41) is 8.38. The second-order valence-corrected chi connectivity index (χ2v) is 11.7. The molecule has 2 aliphatic rings. The van der Waals surface area contributed by atoms with Gasteiger partial charge in [-0.3, -0.25) is 25.2 Å². The van der Waals surface area contributed by atoms with Crippen molar-refractivity contribution in [2.45, 2.75) is 64.0 Å². The highest BCUT2D eigenvalue weighted by Crippen LogP contribution is 2.40. The number of carbonyl (C=O) groups excluding carboxylic acids is 2. The summed E-state index contributed by atoms with van der Waals surface area (Å²) in [6, 6.07) is 29.6. The van der Waals surface area contributed by atoms with Gasteiger partial charge in [-0.1, -0.05) is 91.0 Å². The van der Waals surface area contributed by atoms with E-state index in [1.54, 1.807) is 10.9 Å². The van der Waals surface area contributed by atoms with E-state index in [4.69, 9.17) is 24.7 Å². The van der Waals surface area contributed by atoms with Crippen LogP contribution in [0.15, 0.2) is 102 Å². The van der Waals surface area contributed by atoms with Crippen LogP contribution < -0.4 is 21.7 Å². The van der Waals surface area contributed by atoms with Gasteiger partial charge in [-0.25, -0.2) is 9.98 Å². The number of imidazole rings is 1. The average molecular weight is 654 g/mol. The number of nitrogens with one attached hydrogen (secondary N) is 3. The lowest BCUT2D eigenvalue weighted by molar-refractivity contribution is -0.121. The largest absolute Gasteiger partial charge is 0.374 e. The van der Waals surface area contributed by atoms with Gasteiger partial charge in [-0.05, 0) is 16.7 Å². The van der Waals surface area contributed by atoms with Gasteiger partial charge < -0.3 is 29.6 Å². The summed E-state index contributed by atoms with van der Waals surface area (Å²) in [7, 11) is 0.